The Kier molecular flexibility index (Phi) is 7.16. The van der Waals surface area contributed by atoms with Gasteiger partial charge in [-0.15, -0.1) is 24.8 Å². The van der Waals surface area contributed by atoms with Gasteiger partial charge in [-0.3, -0.25) is 0 Å². The van der Waals surface area contributed by atoms with Crippen LogP contribution in [0.15, 0.2) is 18.3 Å². The first-order valence-electron chi connectivity index (χ1n) is 4.65. The summed E-state index contributed by atoms with van der Waals surface area (Å²) in [5, 5.41) is 0. The van der Waals surface area contributed by atoms with E-state index >= 15 is 0 Å². The summed E-state index contributed by atoms with van der Waals surface area (Å²) in [6.07, 6.45) is 1.75. The lowest BCUT2D eigenvalue weighted by Gasteiger charge is -2.28. The molecule has 1 aliphatic heterocycles. The fourth-order valence-electron chi connectivity index (χ4n) is 1.52. The Balaban J connectivity index is 0.00000112. The molecule has 0 spiro atoms. The minimum Gasteiger partial charge on any atom is -0.378 e. The Morgan fingerprint density at radius 3 is 2.62 bits per heavy atom. The maximum atomic E-state index is 5.29. The molecule has 3 N–H and O–H groups in total. The molecule has 7 heteroatoms. The maximum Gasteiger partial charge on any atom is 0.141 e. The molecule has 0 atom stereocenters. The number of nitrogens with zero attached hydrogens (tertiary/aromatic N) is 2. The summed E-state index contributed by atoms with van der Waals surface area (Å²) in [6, 6.07) is 3.91. The summed E-state index contributed by atoms with van der Waals surface area (Å²) >= 11 is 0. The number of rotatable bonds is 2. The number of halogens is 2. The van der Waals surface area contributed by atoms with E-state index in [1.54, 1.807) is 6.20 Å². The van der Waals surface area contributed by atoms with Gasteiger partial charge in [-0.2, -0.15) is 0 Å². The standard InChI is InChI=1S/C9H14N4O.2ClH/c10-12-9-7-8(1-2-11-9)13-3-5-14-6-4-13;;/h1-2,7H,3-6,10H2,(H,11,12);2*1H. The number of hydrogen-bond donors (Lipinski definition) is 2. The Labute approximate surface area is 107 Å². The van der Waals surface area contributed by atoms with Gasteiger partial charge in [-0.25, -0.2) is 10.8 Å². The van der Waals surface area contributed by atoms with Crippen LogP contribution in [0.4, 0.5) is 11.5 Å². The number of morpholine rings is 1. The van der Waals surface area contributed by atoms with E-state index in [0.29, 0.717) is 5.82 Å². The highest BCUT2D eigenvalue weighted by Crippen LogP contribution is 2.17. The average molecular weight is 267 g/mol. The fourth-order valence-corrected chi connectivity index (χ4v) is 1.52. The van der Waals surface area contributed by atoms with Crippen molar-refractivity contribution in [2.75, 3.05) is 36.6 Å². The molecular weight excluding hydrogens is 251 g/mol. The largest absolute Gasteiger partial charge is 0.378 e. The summed E-state index contributed by atoms with van der Waals surface area (Å²) in [5.41, 5.74) is 3.67. The first-order chi connectivity index (χ1) is 6.90. The third-order valence-electron chi connectivity index (χ3n) is 2.27. The van der Waals surface area contributed by atoms with Crippen molar-refractivity contribution in [2.24, 2.45) is 5.84 Å². The number of hydrogen-bond acceptors (Lipinski definition) is 5. The summed E-state index contributed by atoms with van der Waals surface area (Å²) in [5.74, 6) is 5.98. The van der Waals surface area contributed by atoms with Crippen molar-refractivity contribution < 1.29 is 4.74 Å². The van der Waals surface area contributed by atoms with E-state index in [1.165, 1.54) is 0 Å². The molecule has 1 aromatic rings. The Morgan fingerprint density at radius 1 is 1.31 bits per heavy atom. The molecule has 5 nitrogen and oxygen atoms in total. The van der Waals surface area contributed by atoms with Crippen LogP contribution in [0.1, 0.15) is 0 Å². The van der Waals surface area contributed by atoms with Crippen LogP contribution in [0.3, 0.4) is 0 Å². The molecule has 0 radical (unpaired) electrons. The predicted molar refractivity (Wildman–Crippen MR) is 69.6 cm³/mol. The number of nitrogens with two attached hydrogens (primary N) is 1. The SMILES string of the molecule is Cl.Cl.NNc1cc(N2CCOCC2)ccn1. The zero-order valence-corrected chi connectivity index (χ0v) is 10.4. The van der Waals surface area contributed by atoms with Gasteiger partial charge in [0.25, 0.3) is 0 Å². The molecule has 0 unspecified atom stereocenters. The molecule has 0 bridgehead atoms. The van der Waals surface area contributed by atoms with E-state index in [-0.39, 0.29) is 24.8 Å². The lowest BCUT2D eigenvalue weighted by Crippen LogP contribution is -2.36. The van der Waals surface area contributed by atoms with E-state index in [4.69, 9.17) is 10.6 Å². The van der Waals surface area contributed by atoms with Crippen molar-refractivity contribution in [3.05, 3.63) is 18.3 Å². The summed E-state index contributed by atoms with van der Waals surface area (Å²) in [7, 11) is 0. The maximum absolute atomic E-state index is 5.29. The van der Waals surface area contributed by atoms with Gasteiger partial charge in [-0.05, 0) is 6.07 Å². The van der Waals surface area contributed by atoms with Crippen LogP contribution in [-0.2, 0) is 4.74 Å². The zero-order chi connectivity index (χ0) is 9.80. The third-order valence-corrected chi connectivity index (χ3v) is 2.27. The summed E-state index contributed by atoms with van der Waals surface area (Å²) in [4.78, 5) is 6.31. The lowest BCUT2D eigenvalue weighted by molar-refractivity contribution is 0.122. The number of nitrogen functional groups attached to an aromatic ring is 1. The molecule has 1 fully saturated rings. The van der Waals surface area contributed by atoms with Crippen LogP contribution in [-0.4, -0.2) is 31.3 Å². The van der Waals surface area contributed by atoms with Gasteiger partial charge in [0.2, 0.25) is 0 Å². The predicted octanol–water partition coefficient (Wildman–Crippen LogP) is 1.05. The van der Waals surface area contributed by atoms with E-state index < -0.39 is 0 Å². The van der Waals surface area contributed by atoms with Gasteiger partial charge < -0.3 is 15.1 Å². The van der Waals surface area contributed by atoms with Gasteiger partial charge >= 0.3 is 0 Å². The van der Waals surface area contributed by atoms with Crippen LogP contribution >= 0.6 is 24.8 Å². The number of anilines is 2. The van der Waals surface area contributed by atoms with Crippen molar-refractivity contribution in [1.82, 2.24) is 4.98 Å². The second-order valence-corrected chi connectivity index (χ2v) is 3.14. The van der Waals surface area contributed by atoms with Crippen molar-refractivity contribution in [2.45, 2.75) is 0 Å². The molecule has 0 aliphatic carbocycles. The van der Waals surface area contributed by atoms with Crippen LogP contribution < -0.4 is 16.2 Å². The molecule has 1 aliphatic rings. The molecule has 2 heterocycles. The minimum absolute atomic E-state index is 0. The van der Waals surface area contributed by atoms with E-state index in [1.807, 2.05) is 12.1 Å². The summed E-state index contributed by atoms with van der Waals surface area (Å²) < 4.78 is 5.28. The van der Waals surface area contributed by atoms with Gasteiger partial charge in [0, 0.05) is 31.0 Å². The van der Waals surface area contributed by atoms with Crippen LogP contribution in [0, 0.1) is 0 Å². The third kappa shape index (κ3) is 3.68. The fraction of sp³-hybridized carbons (Fsp3) is 0.444. The second-order valence-electron chi connectivity index (χ2n) is 3.14. The minimum atomic E-state index is 0. The smallest absolute Gasteiger partial charge is 0.141 e. The van der Waals surface area contributed by atoms with Crippen LogP contribution in [0.25, 0.3) is 0 Å². The Hall–Kier alpha value is -0.750. The highest BCUT2D eigenvalue weighted by molar-refractivity contribution is 5.85. The molecular formula is C9H16Cl2N4O. The monoisotopic (exact) mass is 266 g/mol. The topological polar surface area (TPSA) is 63.4 Å². The first kappa shape index (κ1) is 15.2. The van der Waals surface area contributed by atoms with E-state index in [2.05, 4.69) is 15.3 Å². The number of ether oxygens (including phenoxy) is 1. The highest BCUT2D eigenvalue weighted by Gasteiger charge is 2.11. The number of aromatic nitrogens is 1. The van der Waals surface area contributed by atoms with Gasteiger partial charge in [0.15, 0.2) is 0 Å². The van der Waals surface area contributed by atoms with Crippen molar-refractivity contribution in [1.29, 1.82) is 0 Å². The number of hydrazine groups is 1. The van der Waals surface area contributed by atoms with Gasteiger partial charge in [-0.1, -0.05) is 0 Å². The van der Waals surface area contributed by atoms with Crippen LogP contribution in [0.2, 0.25) is 0 Å². The number of pyridine rings is 1. The summed E-state index contributed by atoms with van der Waals surface area (Å²) in [6.45, 7) is 3.42. The second kappa shape index (κ2) is 7.51. The van der Waals surface area contributed by atoms with Crippen LogP contribution in [0.5, 0.6) is 0 Å². The zero-order valence-electron chi connectivity index (χ0n) is 8.76. The lowest BCUT2D eigenvalue weighted by atomic mass is 10.3. The molecule has 16 heavy (non-hydrogen) atoms. The average Bonchev–Trinajstić information content (AvgIpc) is 2.30. The first-order valence-corrected chi connectivity index (χ1v) is 4.65. The normalized spacial score (nSPS) is 14.7. The van der Waals surface area contributed by atoms with Gasteiger partial charge in [0.1, 0.15) is 5.82 Å². The quantitative estimate of drug-likeness (QED) is 0.619. The molecule has 0 saturated carbocycles. The molecule has 1 aromatic heterocycles. The molecule has 0 aromatic carbocycles. The van der Waals surface area contributed by atoms with Crippen molar-refractivity contribution >= 4 is 36.3 Å². The molecule has 0 amide bonds. The molecule has 2 rings (SSSR count). The highest BCUT2D eigenvalue weighted by atomic mass is 35.5. The van der Waals surface area contributed by atoms with Crippen molar-refractivity contribution in [3.8, 4) is 0 Å². The number of nitrogens with one attached hydrogen (secondary N) is 1. The van der Waals surface area contributed by atoms with E-state index in [0.717, 1.165) is 32.0 Å². The van der Waals surface area contributed by atoms with Crippen molar-refractivity contribution in [3.63, 3.8) is 0 Å². The van der Waals surface area contributed by atoms with E-state index in [9.17, 15) is 0 Å². The Morgan fingerprint density at radius 2 is 2.00 bits per heavy atom. The van der Waals surface area contributed by atoms with Gasteiger partial charge in [0.05, 0.1) is 13.2 Å². The molecule has 1 saturated heterocycles. The molecule has 92 valence electrons. The Bertz CT molecular complexity index is 307.